The summed E-state index contributed by atoms with van der Waals surface area (Å²) in [4.78, 5) is 28.1. The van der Waals surface area contributed by atoms with E-state index in [1.807, 2.05) is 20.8 Å². The van der Waals surface area contributed by atoms with Gasteiger partial charge >= 0.3 is 0 Å². The fraction of sp³-hybridized carbons (Fsp3) is 0.310. The Morgan fingerprint density at radius 2 is 1.59 bits per heavy atom. The number of anilines is 1. The summed E-state index contributed by atoms with van der Waals surface area (Å²) in [5.41, 5.74) is 1.27. The van der Waals surface area contributed by atoms with Gasteiger partial charge in [0.05, 0.1) is 10.6 Å². The molecule has 208 valence electrons. The van der Waals surface area contributed by atoms with Gasteiger partial charge in [0.25, 0.3) is 10.0 Å². The third-order valence-electron chi connectivity index (χ3n) is 6.44. The number of sulfonamides is 1. The molecule has 0 saturated heterocycles. The topological polar surface area (TPSA) is 86.8 Å². The lowest BCUT2D eigenvalue weighted by molar-refractivity contribution is -0.139. The van der Waals surface area contributed by atoms with Gasteiger partial charge in [0, 0.05) is 17.6 Å². The van der Waals surface area contributed by atoms with Crippen LogP contribution in [0.4, 0.5) is 10.1 Å². The van der Waals surface area contributed by atoms with Crippen molar-refractivity contribution in [3.8, 4) is 0 Å². The van der Waals surface area contributed by atoms with Gasteiger partial charge in [0.1, 0.15) is 18.4 Å². The van der Waals surface area contributed by atoms with Crippen molar-refractivity contribution < 1.29 is 22.4 Å². The Kier molecular flexibility index (Phi) is 10.1. The number of aryl methyl sites for hydroxylation is 1. The van der Waals surface area contributed by atoms with Crippen LogP contribution < -0.4 is 9.62 Å². The Balaban J connectivity index is 2.03. The van der Waals surface area contributed by atoms with Crippen molar-refractivity contribution in [1.29, 1.82) is 0 Å². The molecule has 0 aliphatic rings. The molecule has 0 bridgehead atoms. The van der Waals surface area contributed by atoms with Crippen LogP contribution in [0.15, 0.2) is 77.7 Å². The second-order valence-corrected chi connectivity index (χ2v) is 11.7. The predicted molar refractivity (Wildman–Crippen MR) is 151 cm³/mol. The lowest BCUT2D eigenvalue weighted by Gasteiger charge is -2.32. The van der Waals surface area contributed by atoms with E-state index in [1.165, 1.54) is 35.2 Å². The van der Waals surface area contributed by atoms with Crippen LogP contribution in [-0.2, 0) is 26.2 Å². The Labute approximate surface area is 234 Å². The van der Waals surface area contributed by atoms with Gasteiger partial charge in [-0.05, 0) is 69.2 Å². The molecule has 3 rings (SSSR count). The van der Waals surface area contributed by atoms with Crippen LogP contribution in [0.5, 0.6) is 0 Å². The lowest BCUT2D eigenvalue weighted by Crippen LogP contribution is -2.52. The zero-order valence-corrected chi connectivity index (χ0v) is 24.0. The number of hydrogen-bond acceptors (Lipinski definition) is 4. The van der Waals surface area contributed by atoms with Gasteiger partial charge in [0.15, 0.2) is 0 Å². The summed E-state index contributed by atoms with van der Waals surface area (Å²) in [5, 5.41) is 3.38. The van der Waals surface area contributed by atoms with Gasteiger partial charge in [-0.15, -0.1) is 0 Å². The number of benzene rings is 3. The lowest BCUT2D eigenvalue weighted by atomic mass is 10.1. The third kappa shape index (κ3) is 7.58. The fourth-order valence-corrected chi connectivity index (χ4v) is 5.39. The Hall–Kier alpha value is -3.43. The van der Waals surface area contributed by atoms with Gasteiger partial charge < -0.3 is 10.2 Å². The zero-order chi connectivity index (χ0) is 28.7. The number of nitrogens with zero attached hydrogens (tertiary/aromatic N) is 2. The summed E-state index contributed by atoms with van der Waals surface area (Å²) in [6.07, 6.45) is 0.694. The molecule has 0 spiro atoms. The van der Waals surface area contributed by atoms with Crippen molar-refractivity contribution in [2.45, 2.75) is 57.6 Å². The molecule has 3 aromatic carbocycles. The van der Waals surface area contributed by atoms with Gasteiger partial charge in [-0.2, -0.15) is 0 Å². The minimum Gasteiger partial charge on any atom is -0.352 e. The zero-order valence-electron chi connectivity index (χ0n) is 22.4. The van der Waals surface area contributed by atoms with E-state index in [2.05, 4.69) is 5.32 Å². The van der Waals surface area contributed by atoms with E-state index < -0.39 is 34.3 Å². The molecule has 0 aromatic heterocycles. The summed E-state index contributed by atoms with van der Waals surface area (Å²) < 4.78 is 43.2. The first-order chi connectivity index (χ1) is 18.4. The summed E-state index contributed by atoms with van der Waals surface area (Å²) in [5.74, 6) is -1.85. The quantitative estimate of drug-likeness (QED) is 0.337. The van der Waals surface area contributed by atoms with Crippen LogP contribution in [0.3, 0.4) is 0 Å². The second-order valence-electron chi connectivity index (χ2n) is 9.42. The number of para-hydroxylation sites is 1. The highest BCUT2D eigenvalue weighted by Crippen LogP contribution is 2.27. The molecule has 0 aliphatic carbocycles. The first-order valence-electron chi connectivity index (χ1n) is 12.6. The molecule has 0 unspecified atom stereocenters. The number of amides is 2. The predicted octanol–water partition coefficient (Wildman–Crippen LogP) is 5.31. The van der Waals surface area contributed by atoms with Crippen LogP contribution in [0.25, 0.3) is 0 Å². The molecule has 3 aromatic rings. The summed E-state index contributed by atoms with van der Waals surface area (Å²) in [6.45, 7) is 6.47. The van der Waals surface area contributed by atoms with E-state index in [1.54, 1.807) is 43.3 Å². The molecular weight excluding hydrogens is 541 g/mol. The molecule has 0 saturated carbocycles. The van der Waals surface area contributed by atoms with Crippen molar-refractivity contribution in [2.24, 2.45) is 0 Å². The summed E-state index contributed by atoms with van der Waals surface area (Å²) in [7, 11) is -4.34. The third-order valence-corrected chi connectivity index (χ3v) is 8.47. The fourth-order valence-electron chi connectivity index (χ4n) is 3.84. The molecule has 0 heterocycles. The molecule has 0 fully saturated rings. The monoisotopic (exact) mass is 573 g/mol. The van der Waals surface area contributed by atoms with Crippen LogP contribution in [0.2, 0.25) is 5.02 Å². The van der Waals surface area contributed by atoms with E-state index in [-0.39, 0.29) is 29.1 Å². The van der Waals surface area contributed by atoms with Crippen molar-refractivity contribution in [1.82, 2.24) is 10.2 Å². The van der Waals surface area contributed by atoms with Crippen LogP contribution >= 0.6 is 11.6 Å². The molecule has 1 N–H and O–H groups in total. The molecule has 39 heavy (non-hydrogen) atoms. The van der Waals surface area contributed by atoms with Crippen LogP contribution in [-0.4, -0.2) is 43.8 Å². The van der Waals surface area contributed by atoms with Gasteiger partial charge in [-0.1, -0.05) is 60.5 Å². The summed E-state index contributed by atoms with van der Waals surface area (Å²) in [6, 6.07) is 17.2. The molecular formula is C29H33ClFN3O4S. The average molecular weight is 574 g/mol. The molecule has 0 radical (unpaired) electrons. The molecule has 10 heteroatoms. The minimum absolute atomic E-state index is 0.0147. The molecule has 7 nitrogen and oxygen atoms in total. The highest BCUT2D eigenvalue weighted by atomic mass is 35.5. The first kappa shape index (κ1) is 30.1. The maximum atomic E-state index is 14.9. The number of carbonyl (C=O) groups excluding carboxylic acids is 2. The Bertz CT molecular complexity index is 1400. The maximum Gasteiger partial charge on any atom is 0.264 e. The Morgan fingerprint density at radius 3 is 2.18 bits per heavy atom. The van der Waals surface area contributed by atoms with E-state index in [0.29, 0.717) is 17.0 Å². The average Bonchev–Trinajstić information content (AvgIpc) is 2.91. The van der Waals surface area contributed by atoms with Crippen molar-refractivity contribution in [2.75, 3.05) is 10.8 Å². The van der Waals surface area contributed by atoms with Crippen molar-refractivity contribution in [3.05, 3.63) is 94.8 Å². The normalized spacial score (nSPS) is 12.9. The highest BCUT2D eigenvalue weighted by Gasteiger charge is 2.33. The number of hydrogen-bond donors (Lipinski definition) is 1. The molecule has 0 aliphatic heterocycles. The van der Waals surface area contributed by atoms with E-state index in [9.17, 15) is 22.4 Å². The minimum atomic E-state index is -4.34. The van der Waals surface area contributed by atoms with Crippen molar-refractivity contribution >= 4 is 39.1 Å². The second kappa shape index (κ2) is 13.1. The van der Waals surface area contributed by atoms with E-state index >= 15 is 0 Å². The van der Waals surface area contributed by atoms with Gasteiger partial charge in [-0.3, -0.25) is 13.9 Å². The highest BCUT2D eigenvalue weighted by molar-refractivity contribution is 7.92. The number of halogens is 2. The number of nitrogens with one attached hydrogen (secondary N) is 1. The smallest absolute Gasteiger partial charge is 0.264 e. The van der Waals surface area contributed by atoms with Crippen LogP contribution in [0, 0.1) is 12.7 Å². The number of rotatable bonds is 11. The maximum absolute atomic E-state index is 14.9. The van der Waals surface area contributed by atoms with Crippen LogP contribution in [0.1, 0.15) is 38.3 Å². The number of carbonyl (C=O) groups is 2. The Morgan fingerprint density at radius 1 is 0.974 bits per heavy atom. The van der Waals surface area contributed by atoms with Crippen molar-refractivity contribution in [3.63, 3.8) is 0 Å². The van der Waals surface area contributed by atoms with E-state index in [0.717, 1.165) is 15.9 Å². The van der Waals surface area contributed by atoms with E-state index in [4.69, 9.17) is 11.6 Å². The van der Waals surface area contributed by atoms with Gasteiger partial charge in [0.2, 0.25) is 11.8 Å². The molecule has 2 atom stereocenters. The van der Waals surface area contributed by atoms with Gasteiger partial charge in [-0.25, -0.2) is 12.8 Å². The summed E-state index contributed by atoms with van der Waals surface area (Å²) >= 11 is 6.01. The first-order valence-corrected chi connectivity index (χ1v) is 14.4. The standard InChI is InChI=1S/C29H33ClFN3O4S/c1-5-21(3)32-29(36)22(4)33(18-23-12-14-24(30)15-13-23)28(35)19-34(27-9-7-6-8-26(27)31)39(37,38)25-16-10-20(2)11-17-25/h6-17,21-22H,5,18-19H2,1-4H3,(H,32,36)/t21-,22-/m1/s1. The molecule has 2 amide bonds. The largest absolute Gasteiger partial charge is 0.352 e. The SMILES string of the molecule is CC[C@@H](C)NC(=O)[C@@H](C)N(Cc1ccc(Cl)cc1)C(=O)CN(c1ccccc1F)S(=O)(=O)c1ccc(C)cc1.